The second kappa shape index (κ2) is 7.65. The standard InChI is InChI=1S/C22H24N6/c1-14-8-9-26-12-18(14)19-11-15-10-16(27-21(25)22(2,3)13-23)6-4-5-7-17(15)20(24)28-19/h5,7-12H,4,6H2,1-3H3,(H2,24,28)(H2,25,27)/b7-5-,16-10?. The molecule has 1 aliphatic carbocycles. The molecule has 0 bridgehead atoms. The SMILES string of the molecule is Cc1ccncc1-c1cc2c(c(N)n1)/C=C\CCC(N=C(N)C(C)(C)C#N)=C2. The molecule has 2 aromatic heterocycles. The van der Waals surface area contributed by atoms with Crippen LogP contribution in [0.15, 0.2) is 41.3 Å². The number of anilines is 1. The van der Waals surface area contributed by atoms with Gasteiger partial charge < -0.3 is 11.5 Å². The lowest BCUT2D eigenvalue weighted by Gasteiger charge is -2.16. The van der Waals surface area contributed by atoms with Gasteiger partial charge in [-0.05, 0) is 62.9 Å². The highest BCUT2D eigenvalue weighted by atomic mass is 14.9. The number of pyridine rings is 2. The third kappa shape index (κ3) is 3.94. The fourth-order valence-corrected chi connectivity index (χ4v) is 2.89. The summed E-state index contributed by atoms with van der Waals surface area (Å²) in [6.45, 7) is 5.53. The van der Waals surface area contributed by atoms with Gasteiger partial charge in [0.05, 0.1) is 11.8 Å². The van der Waals surface area contributed by atoms with Gasteiger partial charge in [-0.25, -0.2) is 9.98 Å². The van der Waals surface area contributed by atoms with Crippen molar-refractivity contribution >= 4 is 23.8 Å². The Morgan fingerprint density at radius 1 is 1.36 bits per heavy atom. The van der Waals surface area contributed by atoms with Crippen molar-refractivity contribution in [3.63, 3.8) is 0 Å². The normalized spacial score (nSPS) is 15.6. The van der Waals surface area contributed by atoms with Gasteiger partial charge >= 0.3 is 0 Å². The lowest BCUT2D eigenvalue weighted by atomic mass is 9.94. The molecule has 0 fully saturated rings. The molecule has 1 aliphatic rings. The first-order chi connectivity index (χ1) is 13.3. The van der Waals surface area contributed by atoms with E-state index in [4.69, 9.17) is 11.5 Å². The molecule has 0 spiro atoms. The van der Waals surface area contributed by atoms with Crippen molar-refractivity contribution in [2.75, 3.05) is 5.73 Å². The maximum absolute atomic E-state index is 9.30. The zero-order valence-electron chi connectivity index (χ0n) is 16.4. The van der Waals surface area contributed by atoms with Crippen LogP contribution < -0.4 is 11.5 Å². The van der Waals surface area contributed by atoms with Gasteiger partial charge in [0.1, 0.15) is 17.1 Å². The average molecular weight is 372 g/mol. The Bertz CT molecular complexity index is 1040. The molecular formula is C22H24N6. The predicted octanol–water partition coefficient (Wildman–Crippen LogP) is 4.09. The number of amidine groups is 1. The molecule has 0 saturated carbocycles. The van der Waals surface area contributed by atoms with E-state index in [1.54, 1.807) is 26.2 Å². The van der Waals surface area contributed by atoms with Crippen molar-refractivity contribution in [1.82, 2.24) is 9.97 Å². The van der Waals surface area contributed by atoms with E-state index in [2.05, 4.69) is 27.1 Å². The van der Waals surface area contributed by atoms with E-state index < -0.39 is 5.41 Å². The molecule has 0 saturated heterocycles. The molecule has 0 radical (unpaired) electrons. The number of aromatic nitrogens is 2. The molecule has 142 valence electrons. The number of nitrogens with zero attached hydrogens (tertiary/aromatic N) is 4. The molecule has 0 aromatic carbocycles. The summed E-state index contributed by atoms with van der Waals surface area (Å²) in [7, 11) is 0. The average Bonchev–Trinajstić information content (AvgIpc) is 2.64. The molecule has 0 aliphatic heterocycles. The Balaban J connectivity index is 2.14. The number of allylic oxidation sites excluding steroid dienone is 2. The highest BCUT2D eigenvalue weighted by Gasteiger charge is 2.22. The van der Waals surface area contributed by atoms with Crippen LogP contribution in [0.5, 0.6) is 0 Å². The van der Waals surface area contributed by atoms with Crippen LogP contribution in [0.3, 0.4) is 0 Å². The number of nitriles is 1. The van der Waals surface area contributed by atoms with Gasteiger partial charge in [0.25, 0.3) is 0 Å². The van der Waals surface area contributed by atoms with Gasteiger partial charge in [-0.3, -0.25) is 4.98 Å². The van der Waals surface area contributed by atoms with E-state index >= 15 is 0 Å². The van der Waals surface area contributed by atoms with Crippen molar-refractivity contribution in [2.24, 2.45) is 16.1 Å². The monoisotopic (exact) mass is 372 g/mol. The molecule has 2 heterocycles. The summed E-state index contributed by atoms with van der Waals surface area (Å²) in [5.41, 5.74) is 16.9. The van der Waals surface area contributed by atoms with Gasteiger partial charge in [-0.1, -0.05) is 12.2 Å². The molecule has 2 aromatic rings. The molecule has 4 N–H and O–H groups in total. The van der Waals surface area contributed by atoms with Crippen LogP contribution in [-0.4, -0.2) is 15.8 Å². The first kappa shape index (κ1) is 19.3. The van der Waals surface area contributed by atoms with Crippen molar-refractivity contribution in [3.8, 4) is 17.3 Å². The van der Waals surface area contributed by atoms with Crippen LogP contribution in [0.4, 0.5) is 5.82 Å². The zero-order chi connectivity index (χ0) is 20.3. The second-order valence-electron chi connectivity index (χ2n) is 7.40. The Kier molecular flexibility index (Phi) is 5.27. The highest BCUT2D eigenvalue weighted by molar-refractivity contribution is 5.90. The summed E-state index contributed by atoms with van der Waals surface area (Å²) in [6.07, 6.45) is 11.1. The summed E-state index contributed by atoms with van der Waals surface area (Å²) in [5.74, 6) is 0.761. The smallest absolute Gasteiger partial charge is 0.131 e. The topological polar surface area (TPSA) is 114 Å². The Hall–Kier alpha value is -3.46. The van der Waals surface area contributed by atoms with Crippen LogP contribution in [0, 0.1) is 23.7 Å². The van der Waals surface area contributed by atoms with Crippen LogP contribution >= 0.6 is 0 Å². The fourth-order valence-electron chi connectivity index (χ4n) is 2.89. The van der Waals surface area contributed by atoms with E-state index in [-0.39, 0.29) is 0 Å². The maximum atomic E-state index is 9.30. The molecule has 0 atom stereocenters. The number of nitrogen functional groups attached to an aromatic ring is 1. The summed E-state index contributed by atoms with van der Waals surface area (Å²) < 4.78 is 0. The number of nitrogens with two attached hydrogens (primary N) is 2. The maximum Gasteiger partial charge on any atom is 0.131 e. The van der Waals surface area contributed by atoms with Crippen molar-refractivity contribution in [2.45, 2.75) is 33.6 Å². The van der Waals surface area contributed by atoms with Crippen molar-refractivity contribution < 1.29 is 0 Å². The highest BCUT2D eigenvalue weighted by Crippen LogP contribution is 2.30. The van der Waals surface area contributed by atoms with Gasteiger partial charge in [-0.2, -0.15) is 5.26 Å². The predicted molar refractivity (Wildman–Crippen MR) is 114 cm³/mol. The number of fused-ring (bicyclic) bond motifs is 1. The number of aryl methyl sites for hydroxylation is 1. The van der Waals surface area contributed by atoms with Crippen molar-refractivity contribution in [1.29, 1.82) is 5.26 Å². The first-order valence-electron chi connectivity index (χ1n) is 9.16. The minimum absolute atomic E-state index is 0.303. The molecule has 3 rings (SSSR count). The van der Waals surface area contributed by atoms with E-state index in [1.165, 1.54) is 0 Å². The second-order valence-corrected chi connectivity index (χ2v) is 7.40. The van der Waals surface area contributed by atoms with Gasteiger partial charge in [0.2, 0.25) is 0 Å². The van der Waals surface area contributed by atoms with Crippen LogP contribution in [0.1, 0.15) is 43.4 Å². The third-order valence-corrected chi connectivity index (χ3v) is 4.79. The van der Waals surface area contributed by atoms with Crippen molar-refractivity contribution in [3.05, 3.63) is 53.0 Å². The van der Waals surface area contributed by atoms with E-state index in [0.29, 0.717) is 11.7 Å². The van der Waals surface area contributed by atoms with E-state index in [1.807, 2.05) is 31.2 Å². The number of hydrogen-bond acceptors (Lipinski definition) is 5. The summed E-state index contributed by atoms with van der Waals surface area (Å²) in [4.78, 5) is 13.3. The quantitative estimate of drug-likeness (QED) is 0.622. The molecular weight excluding hydrogens is 348 g/mol. The lowest BCUT2D eigenvalue weighted by Crippen LogP contribution is -2.30. The zero-order valence-corrected chi connectivity index (χ0v) is 16.4. The van der Waals surface area contributed by atoms with Gasteiger partial charge in [0.15, 0.2) is 0 Å². The van der Waals surface area contributed by atoms with Gasteiger partial charge in [0, 0.05) is 29.2 Å². The minimum Gasteiger partial charge on any atom is -0.386 e. The van der Waals surface area contributed by atoms with Crippen LogP contribution in [-0.2, 0) is 0 Å². The molecule has 6 heteroatoms. The number of hydrogen-bond donors (Lipinski definition) is 2. The molecule has 28 heavy (non-hydrogen) atoms. The van der Waals surface area contributed by atoms with Crippen LogP contribution in [0.25, 0.3) is 23.4 Å². The van der Waals surface area contributed by atoms with Gasteiger partial charge in [-0.15, -0.1) is 0 Å². The van der Waals surface area contributed by atoms with Crippen LogP contribution in [0.2, 0.25) is 0 Å². The molecule has 0 amide bonds. The summed E-state index contributed by atoms with van der Waals surface area (Å²) in [5, 5.41) is 9.30. The first-order valence-corrected chi connectivity index (χ1v) is 9.16. The summed E-state index contributed by atoms with van der Waals surface area (Å²) >= 11 is 0. The number of aliphatic imine (C=N–C) groups is 1. The number of rotatable bonds is 3. The molecule has 6 nitrogen and oxygen atoms in total. The van der Waals surface area contributed by atoms with E-state index in [9.17, 15) is 5.26 Å². The third-order valence-electron chi connectivity index (χ3n) is 4.79. The van der Waals surface area contributed by atoms with E-state index in [0.717, 1.165) is 46.5 Å². The largest absolute Gasteiger partial charge is 0.386 e. The lowest BCUT2D eigenvalue weighted by molar-refractivity contribution is 0.683. The Morgan fingerprint density at radius 3 is 2.86 bits per heavy atom. The Labute approximate surface area is 165 Å². The molecule has 0 unspecified atom stereocenters. The summed E-state index contributed by atoms with van der Waals surface area (Å²) in [6, 6.07) is 6.13. The fraction of sp³-hybridized carbons (Fsp3) is 0.273. The Morgan fingerprint density at radius 2 is 2.14 bits per heavy atom. The minimum atomic E-state index is -0.822.